The molecule has 4 heteroatoms. The van der Waals surface area contributed by atoms with Gasteiger partial charge < -0.3 is 9.64 Å². The van der Waals surface area contributed by atoms with Crippen molar-refractivity contribution in [1.82, 2.24) is 4.90 Å². The van der Waals surface area contributed by atoms with E-state index < -0.39 is 0 Å². The highest BCUT2D eigenvalue weighted by Crippen LogP contribution is 2.48. The van der Waals surface area contributed by atoms with Crippen molar-refractivity contribution in [3.05, 3.63) is 65.7 Å². The van der Waals surface area contributed by atoms with Crippen LogP contribution in [0.5, 0.6) is 5.75 Å². The highest BCUT2D eigenvalue weighted by atomic mass is 16.5. The van der Waals surface area contributed by atoms with Crippen LogP contribution in [-0.4, -0.2) is 44.1 Å². The number of carbonyl (C=O) groups excluding carboxylic acids is 1. The van der Waals surface area contributed by atoms with Gasteiger partial charge in [0.1, 0.15) is 5.75 Å². The number of amides is 1. The Bertz CT molecular complexity index is 928. The number of hydrogen-bond acceptors (Lipinski definition) is 3. The van der Waals surface area contributed by atoms with Gasteiger partial charge in [0.15, 0.2) is 0 Å². The van der Waals surface area contributed by atoms with Crippen LogP contribution in [0.3, 0.4) is 0 Å². The summed E-state index contributed by atoms with van der Waals surface area (Å²) in [6.07, 6.45) is 7.19. The Hall–Kier alpha value is -2.59. The van der Waals surface area contributed by atoms with E-state index >= 15 is 0 Å². The van der Waals surface area contributed by atoms with Gasteiger partial charge in [0.25, 0.3) is 0 Å². The molecule has 31 heavy (non-hydrogen) atoms. The zero-order valence-corrected chi connectivity index (χ0v) is 19.0. The summed E-state index contributed by atoms with van der Waals surface area (Å²) in [5, 5.41) is 0. The van der Waals surface area contributed by atoms with Crippen molar-refractivity contribution in [1.29, 1.82) is 0 Å². The number of anilines is 1. The van der Waals surface area contributed by atoms with Crippen molar-refractivity contribution < 1.29 is 9.53 Å². The van der Waals surface area contributed by atoms with Crippen LogP contribution in [0.1, 0.15) is 44.2 Å². The van der Waals surface area contributed by atoms with Crippen LogP contribution >= 0.6 is 0 Å². The van der Waals surface area contributed by atoms with E-state index in [0.717, 1.165) is 50.5 Å². The maximum Gasteiger partial charge on any atom is 0.227 e. The van der Waals surface area contributed by atoms with Gasteiger partial charge in [0.2, 0.25) is 5.91 Å². The average Bonchev–Trinajstić information content (AvgIpc) is 3.09. The number of likely N-dealkylation sites (tertiary alicyclic amines) is 1. The molecule has 2 aliphatic heterocycles. The highest BCUT2D eigenvalue weighted by Gasteiger charge is 2.46. The molecule has 0 aromatic heterocycles. The van der Waals surface area contributed by atoms with E-state index in [4.69, 9.17) is 4.74 Å². The normalized spacial score (nSPS) is 18.1. The fraction of sp³-hybridized carbons (Fsp3) is 0.444. The monoisotopic (exact) mass is 418 g/mol. The predicted molar refractivity (Wildman–Crippen MR) is 128 cm³/mol. The molecule has 2 aliphatic rings. The van der Waals surface area contributed by atoms with Crippen molar-refractivity contribution in [3.63, 3.8) is 0 Å². The maximum atomic E-state index is 13.0. The van der Waals surface area contributed by atoms with Gasteiger partial charge >= 0.3 is 0 Å². The number of carbonyl (C=O) groups is 1. The fourth-order valence-electron chi connectivity index (χ4n) is 4.95. The van der Waals surface area contributed by atoms with Gasteiger partial charge in [0, 0.05) is 30.6 Å². The molecule has 0 aliphatic carbocycles. The predicted octanol–water partition coefficient (Wildman–Crippen LogP) is 5.13. The smallest absolute Gasteiger partial charge is 0.227 e. The first kappa shape index (κ1) is 21.6. The molecule has 2 heterocycles. The molecule has 0 N–H and O–H groups in total. The molecule has 1 fully saturated rings. The van der Waals surface area contributed by atoms with Crippen LogP contribution in [0.4, 0.5) is 5.69 Å². The second-order valence-electron chi connectivity index (χ2n) is 9.35. The zero-order valence-electron chi connectivity index (χ0n) is 19.0. The molecular weight excluding hydrogens is 384 g/mol. The third kappa shape index (κ3) is 4.69. The summed E-state index contributed by atoms with van der Waals surface area (Å²) in [7, 11) is 1.71. The van der Waals surface area contributed by atoms with Gasteiger partial charge in [-0.3, -0.25) is 9.69 Å². The van der Waals surface area contributed by atoms with E-state index in [0.29, 0.717) is 12.3 Å². The van der Waals surface area contributed by atoms with E-state index in [2.05, 4.69) is 67.3 Å². The molecule has 1 amide bonds. The van der Waals surface area contributed by atoms with E-state index in [1.807, 2.05) is 17.0 Å². The Labute approximate surface area is 186 Å². The summed E-state index contributed by atoms with van der Waals surface area (Å²) in [6.45, 7) is 8.07. The SMILES string of the molecule is COc1ccc2c(c1)C1(CCN(CC=Cc3ccccc3)CC1)CN2C(=O)CC(C)C. The van der Waals surface area contributed by atoms with Gasteiger partial charge in [-0.15, -0.1) is 0 Å². The third-order valence-electron chi connectivity index (χ3n) is 6.70. The molecule has 0 radical (unpaired) electrons. The number of piperidine rings is 1. The Kier molecular flexibility index (Phi) is 6.47. The van der Waals surface area contributed by atoms with Crippen LogP contribution in [0.15, 0.2) is 54.6 Å². The van der Waals surface area contributed by atoms with Gasteiger partial charge in [-0.1, -0.05) is 56.3 Å². The summed E-state index contributed by atoms with van der Waals surface area (Å²) >= 11 is 0. The zero-order chi connectivity index (χ0) is 21.8. The molecule has 4 rings (SSSR count). The number of methoxy groups -OCH3 is 1. The molecule has 2 aromatic carbocycles. The lowest BCUT2D eigenvalue weighted by Crippen LogP contribution is -2.46. The lowest BCUT2D eigenvalue weighted by molar-refractivity contribution is -0.119. The van der Waals surface area contributed by atoms with Crippen molar-refractivity contribution in [2.45, 2.75) is 38.5 Å². The topological polar surface area (TPSA) is 32.8 Å². The lowest BCUT2D eigenvalue weighted by Gasteiger charge is -2.39. The Morgan fingerprint density at radius 2 is 1.87 bits per heavy atom. The number of nitrogens with zero attached hydrogens (tertiary/aromatic N) is 2. The minimum atomic E-state index is 0.0379. The second-order valence-corrected chi connectivity index (χ2v) is 9.35. The first-order chi connectivity index (χ1) is 15.0. The quantitative estimate of drug-likeness (QED) is 0.652. The molecule has 1 spiro atoms. The molecule has 0 atom stereocenters. The van der Waals surface area contributed by atoms with Crippen LogP contribution < -0.4 is 9.64 Å². The minimum Gasteiger partial charge on any atom is -0.497 e. The van der Waals surface area contributed by atoms with E-state index in [-0.39, 0.29) is 11.3 Å². The van der Waals surface area contributed by atoms with Gasteiger partial charge in [-0.05, 0) is 61.2 Å². The Balaban J connectivity index is 1.47. The third-order valence-corrected chi connectivity index (χ3v) is 6.70. The van der Waals surface area contributed by atoms with Crippen molar-refractivity contribution in [2.75, 3.05) is 38.2 Å². The summed E-state index contributed by atoms with van der Waals surface area (Å²) in [4.78, 5) is 17.6. The number of fused-ring (bicyclic) bond motifs is 2. The summed E-state index contributed by atoms with van der Waals surface area (Å²) in [5.41, 5.74) is 3.66. The van der Waals surface area contributed by atoms with Gasteiger partial charge in [0.05, 0.1) is 7.11 Å². The molecule has 4 nitrogen and oxygen atoms in total. The Morgan fingerprint density at radius 1 is 1.13 bits per heavy atom. The van der Waals surface area contributed by atoms with E-state index in [9.17, 15) is 4.79 Å². The largest absolute Gasteiger partial charge is 0.497 e. The van der Waals surface area contributed by atoms with Crippen LogP contribution in [0.25, 0.3) is 6.08 Å². The van der Waals surface area contributed by atoms with Gasteiger partial charge in [-0.2, -0.15) is 0 Å². The fourth-order valence-corrected chi connectivity index (χ4v) is 4.95. The van der Waals surface area contributed by atoms with Crippen molar-refractivity contribution in [3.8, 4) is 5.75 Å². The van der Waals surface area contributed by atoms with E-state index in [1.54, 1.807) is 7.11 Å². The average molecular weight is 419 g/mol. The number of ether oxygens (including phenoxy) is 1. The van der Waals surface area contributed by atoms with Crippen LogP contribution in [0, 0.1) is 5.92 Å². The minimum absolute atomic E-state index is 0.0379. The second kappa shape index (κ2) is 9.27. The molecule has 2 aromatic rings. The summed E-state index contributed by atoms with van der Waals surface area (Å²) < 4.78 is 5.53. The first-order valence-electron chi connectivity index (χ1n) is 11.4. The Morgan fingerprint density at radius 3 is 2.55 bits per heavy atom. The molecular formula is C27H34N2O2. The van der Waals surface area contributed by atoms with Crippen LogP contribution in [-0.2, 0) is 10.2 Å². The van der Waals surface area contributed by atoms with Crippen molar-refractivity contribution in [2.24, 2.45) is 5.92 Å². The van der Waals surface area contributed by atoms with Crippen LogP contribution in [0.2, 0.25) is 0 Å². The molecule has 0 saturated carbocycles. The highest BCUT2D eigenvalue weighted by molar-refractivity contribution is 5.96. The standard InChI is InChI=1S/C27H34N2O2/c1-21(2)18-26(30)29-20-27(24-19-23(31-3)11-12-25(24)29)13-16-28(17-14-27)15-7-10-22-8-5-4-6-9-22/h4-12,19,21H,13-18,20H2,1-3H3. The summed E-state index contributed by atoms with van der Waals surface area (Å²) in [5.74, 6) is 1.49. The molecule has 164 valence electrons. The molecule has 0 unspecified atom stereocenters. The summed E-state index contributed by atoms with van der Waals surface area (Å²) in [6, 6.07) is 16.7. The van der Waals surface area contributed by atoms with E-state index in [1.165, 1.54) is 11.1 Å². The first-order valence-corrected chi connectivity index (χ1v) is 11.4. The number of rotatable bonds is 6. The molecule has 0 bridgehead atoms. The number of benzene rings is 2. The molecule has 1 saturated heterocycles. The maximum absolute atomic E-state index is 13.0. The lowest BCUT2D eigenvalue weighted by atomic mass is 9.74. The van der Waals surface area contributed by atoms with Crippen molar-refractivity contribution >= 4 is 17.7 Å². The number of hydrogen-bond donors (Lipinski definition) is 0. The van der Waals surface area contributed by atoms with Gasteiger partial charge in [-0.25, -0.2) is 0 Å².